The highest BCUT2D eigenvalue weighted by Crippen LogP contribution is 2.34. The Balaban J connectivity index is 1.81. The quantitative estimate of drug-likeness (QED) is 0.739. The van der Waals surface area contributed by atoms with E-state index < -0.39 is 0 Å². The molecule has 2 heterocycles. The first-order valence-corrected chi connectivity index (χ1v) is 7.16. The van der Waals surface area contributed by atoms with Gasteiger partial charge in [0.25, 0.3) is 0 Å². The van der Waals surface area contributed by atoms with E-state index in [0.29, 0.717) is 13.2 Å². The van der Waals surface area contributed by atoms with Gasteiger partial charge in [-0.1, -0.05) is 29.8 Å². The summed E-state index contributed by atoms with van der Waals surface area (Å²) in [7, 11) is 0. The second-order valence-corrected chi connectivity index (χ2v) is 5.32. The van der Waals surface area contributed by atoms with Crippen LogP contribution in [-0.4, -0.2) is 23.2 Å². The van der Waals surface area contributed by atoms with E-state index in [1.54, 1.807) is 0 Å². The van der Waals surface area contributed by atoms with E-state index in [4.69, 9.17) is 9.47 Å². The Morgan fingerprint density at radius 1 is 1.00 bits per heavy atom. The molecule has 0 spiro atoms. The molecule has 1 N–H and O–H groups in total. The van der Waals surface area contributed by atoms with Gasteiger partial charge in [-0.25, -0.2) is 4.98 Å². The van der Waals surface area contributed by atoms with Crippen LogP contribution in [0.1, 0.15) is 12.0 Å². The number of nitrogens with one attached hydrogen (secondary N) is 1. The third-order valence-corrected chi connectivity index (χ3v) is 3.68. The SMILES string of the molecule is Cc1ccc(-c2nc3cc4c(cc3[nH]2)OCCCO4)cc1. The normalized spacial score (nSPS) is 14.1. The van der Waals surface area contributed by atoms with Crippen LogP contribution >= 0.6 is 0 Å². The topological polar surface area (TPSA) is 47.1 Å². The molecule has 0 aliphatic carbocycles. The average Bonchev–Trinajstić information content (AvgIpc) is 2.76. The van der Waals surface area contributed by atoms with Crippen molar-refractivity contribution in [3.8, 4) is 22.9 Å². The van der Waals surface area contributed by atoms with Gasteiger partial charge >= 0.3 is 0 Å². The van der Waals surface area contributed by atoms with Crippen LogP contribution < -0.4 is 9.47 Å². The zero-order chi connectivity index (χ0) is 14.2. The summed E-state index contributed by atoms with van der Waals surface area (Å²) in [5.41, 5.74) is 4.18. The third kappa shape index (κ3) is 2.23. The van der Waals surface area contributed by atoms with Gasteiger partial charge in [0, 0.05) is 24.1 Å². The first kappa shape index (κ1) is 12.3. The maximum absolute atomic E-state index is 5.71. The first-order chi connectivity index (χ1) is 10.3. The molecule has 0 saturated heterocycles. The molecule has 1 aliphatic heterocycles. The second kappa shape index (κ2) is 4.81. The zero-order valence-corrected chi connectivity index (χ0v) is 11.8. The van der Waals surface area contributed by atoms with Crippen LogP contribution in [0.15, 0.2) is 36.4 Å². The van der Waals surface area contributed by atoms with Crippen LogP contribution in [0.25, 0.3) is 22.4 Å². The van der Waals surface area contributed by atoms with E-state index in [9.17, 15) is 0 Å². The maximum atomic E-state index is 5.71. The van der Waals surface area contributed by atoms with Crippen molar-refractivity contribution < 1.29 is 9.47 Å². The van der Waals surface area contributed by atoms with Gasteiger partial charge in [-0.05, 0) is 6.92 Å². The smallest absolute Gasteiger partial charge is 0.163 e. The second-order valence-electron chi connectivity index (χ2n) is 5.32. The van der Waals surface area contributed by atoms with E-state index in [1.165, 1.54) is 5.56 Å². The van der Waals surface area contributed by atoms with E-state index in [0.717, 1.165) is 40.3 Å². The zero-order valence-electron chi connectivity index (χ0n) is 11.8. The van der Waals surface area contributed by atoms with Crippen molar-refractivity contribution in [2.24, 2.45) is 0 Å². The fourth-order valence-electron chi connectivity index (χ4n) is 2.51. The van der Waals surface area contributed by atoms with Crippen LogP contribution in [0, 0.1) is 6.92 Å². The Bertz CT molecular complexity index is 747. The first-order valence-electron chi connectivity index (χ1n) is 7.16. The molecule has 4 nitrogen and oxygen atoms in total. The van der Waals surface area contributed by atoms with E-state index in [1.807, 2.05) is 12.1 Å². The van der Waals surface area contributed by atoms with Crippen LogP contribution in [-0.2, 0) is 0 Å². The lowest BCUT2D eigenvalue weighted by Crippen LogP contribution is -1.97. The highest BCUT2D eigenvalue weighted by Gasteiger charge is 2.14. The maximum Gasteiger partial charge on any atom is 0.163 e. The standard InChI is InChI=1S/C17H16N2O2/c1-11-3-5-12(6-4-11)17-18-13-9-15-16(10-14(13)19-17)21-8-2-7-20-15/h3-6,9-10H,2,7-8H2,1H3,(H,18,19). The lowest BCUT2D eigenvalue weighted by Gasteiger charge is -2.05. The molecule has 4 rings (SSSR count). The number of fused-ring (bicyclic) bond motifs is 2. The fourth-order valence-corrected chi connectivity index (χ4v) is 2.51. The van der Waals surface area contributed by atoms with E-state index in [-0.39, 0.29) is 0 Å². The highest BCUT2D eigenvalue weighted by molar-refractivity contribution is 5.83. The molecule has 0 radical (unpaired) electrons. The third-order valence-electron chi connectivity index (χ3n) is 3.68. The molecule has 1 aromatic heterocycles. The molecule has 21 heavy (non-hydrogen) atoms. The number of nitrogens with zero attached hydrogens (tertiary/aromatic N) is 1. The van der Waals surface area contributed by atoms with Crippen molar-refractivity contribution in [3.63, 3.8) is 0 Å². The average molecular weight is 280 g/mol. The number of rotatable bonds is 1. The van der Waals surface area contributed by atoms with Gasteiger partial charge in [-0.3, -0.25) is 0 Å². The Hall–Kier alpha value is -2.49. The van der Waals surface area contributed by atoms with Gasteiger partial charge in [-0.15, -0.1) is 0 Å². The Kier molecular flexibility index (Phi) is 2.81. The van der Waals surface area contributed by atoms with Crippen LogP contribution in [0.5, 0.6) is 11.5 Å². The van der Waals surface area contributed by atoms with Crippen molar-refractivity contribution in [1.82, 2.24) is 9.97 Å². The molecule has 1 aliphatic rings. The molecule has 0 unspecified atom stereocenters. The van der Waals surface area contributed by atoms with Gasteiger partial charge in [0.05, 0.1) is 24.2 Å². The molecular formula is C17H16N2O2. The minimum absolute atomic E-state index is 0.688. The van der Waals surface area contributed by atoms with Crippen molar-refractivity contribution >= 4 is 11.0 Å². The molecule has 106 valence electrons. The molecule has 0 atom stereocenters. The number of H-pyrrole nitrogens is 1. The number of aromatic nitrogens is 2. The van der Waals surface area contributed by atoms with Gasteiger partial charge in [-0.2, -0.15) is 0 Å². The van der Waals surface area contributed by atoms with Gasteiger partial charge < -0.3 is 14.5 Å². The Morgan fingerprint density at radius 3 is 2.48 bits per heavy atom. The van der Waals surface area contributed by atoms with Crippen molar-refractivity contribution in [1.29, 1.82) is 0 Å². The molecule has 0 saturated carbocycles. The molecular weight excluding hydrogens is 264 g/mol. The van der Waals surface area contributed by atoms with Crippen molar-refractivity contribution in [2.75, 3.05) is 13.2 Å². The van der Waals surface area contributed by atoms with E-state index >= 15 is 0 Å². The molecule has 0 bridgehead atoms. The minimum Gasteiger partial charge on any atom is -0.489 e. The summed E-state index contributed by atoms with van der Waals surface area (Å²) < 4.78 is 11.4. The number of hydrogen-bond acceptors (Lipinski definition) is 3. The summed E-state index contributed by atoms with van der Waals surface area (Å²) in [6.07, 6.45) is 0.907. The van der Waals surface area contributed by atoms with Gasteiger partial charge in [0.15, 0.2) is 11.5 Å². The molecule has 0 amide bonds. The van der Waals surface area contributed by atoms with Crippen LogP contribution in [0.3, 0.4) is 0 Å². The molecule has 2 aromatic carbocycles. The number of ether oxygens (including phenoxy) is 2. The summed E-state index contributed by atoms with van der Waals surface area (Å²) in [5.74, 6) is 2.44. The Morgan fingerprint density at radius 2 is 1.71 bits per heavy atom. The predicted octanol–water partition coefficient (Wildman–Crippen LogP) is 3.70. The van der Waals surface area contributed by atoms with Crippen molar-refractivity contribution in [2.45, 2.75) is 13.3 Å². The number of benzene rings is 2. The number of hydrogen-bond donors (Lipinski definition) is 1. The molecule has 4 heteroatoms. The largest absolute Gasteiger partial charge is 0.489 e. The number of aryl methyl sites for hydroxylation is 1. The Labute approximate surface area is 122 Å². The van der Waals surface area contributed by atoms with Crippen LogP contribution in [0.4, 0.5) is 0 Å². The lowest BCUT2D eigenvalue weighted by atomic mass is 10.1. The predicted molar refractivity (Wildman–Crippen MR) is 81.9 cm³/mol. The number of imidazole rings is 1. The van der Waals surface area contributed by atoms with Gasteiger partial charge in [0.2, 0.25) is 0 Å². The number of aromatic amines is 1. The van der Waals surface area contributed by atoms with Crippen LogP contribution in [0.2, 0.25) is 0 Å². The summed E-state index contributed by atoms with van der Waals surface area (Å²) >= 11 is 0. The lowest BCUT2D eigenvalue weighted by molar-refractivity contribution is 0.297. The summed E-state index contributed by atoms with van der Waals surface area (Å²) in [6, 6.07) is 12.2. The monoisotopic (exact) mass is 280 g/mol. The van der Waals surface area contributed by atoms with E-state index in [2.05, 4.69) is 41.2 Å². The fraction of sp³-hybridized carbons (Fsp3) is 0.235. The molecule has 0 fully saturated rings. The van der Waals surface area contributed by atoms with Crippen molar-refractivity contribution in [3.05, 3.63) is 42.0 Å². The van der Waals surface area contributed by atoms with Gasteiger partial charge in [0.1, 0.15) is 5.82 Å². The molecule has 3 aromatic rings. The highest BCUT2D eigenvalue weighted by atomic mass is 16.5. The summed E-state index contributed by atoms with van der Waals surface area (Å²) in [4.78, 5) is 8.02. The summed E-state index contributed by atoms with van der Waals surface area (Å²) in [5, 5.41) is 0. The summed E-state index contributed by atoms with van der Waals surface area (Å²) in [6.45, 7) is 3.46. The minimum atomic E-state index is 0.688.